The number of aromatic nitrogens is 2. The van der Waals surface area contributed by atoms with E-state index in [-0.39, 0.29) is 12.0 Å². The third-order valence-corrected chi connectivity index (χ3v) is 4.80. The molecule has 150 valence electrons. The van der Waals surface area contributed by atoms with Gasteiger partial charge in [-0.3, -0.25) is 14.7 Å². The Hall–Kier alpha value is -3.61. The predicted octanol–water partition coefficient (Wildman–Crippen LogP) is 2.78. The summed E-state index contributed by atoms with van der Waals surface area (Å²) in [6, 6.07) is 16.4. The molecule has 1 heterocycles. The lowest BCUT2D eigenvalue weighted by atomic mass is 9.87. The molecule has 2 N–H and O–H groups in total. The quantitative estimate of drug-likeness (QED) is 0.600. The molecule has 0 spiro atoms. The highest BCUT2D eigenvalue weighted by Crippen LogP contribution is 2.29. The molecule has 0 aliphatic rings. The third-order valence-electron chi connectivity index (χ3n) is 4.80. The highest BCUT2D eigenvalue weighted by atomic mass is 16.5. The van der Waals surface area contributed by atoms with E-state index in [2.05, 4.69) is 10.2 Å². The van der Waals surface area contributed by atoms with E-state index in [0.29, 0.717) is 23.2 Å². The molecular formula is C22H22N2O5. The molecule has 7 nitrogen and oxygen atoms in total. The summed E-state index contributed by atoms with van der Waals surface area (Å²) in [5, 5.41) is 5.57. The molecule has 7 heteroatoms. The summed E-state index contributed by atoms with van der Waals surface area (Å²) in [6.07, 6.45) is 0.504. The van der Waals surface area contributed by atoms with Gasteiger partial charge in [-0.15, -0.1) is 0 Å². The van der Waals surface area contributed by atoms with E-state index in [9.17, 15) is 14.4 Å². The van der Waals surface area contributed by atoms with E-state index in [1.807, 2.05) is 30.3 Å². The van der Waals surface area contributed by atoms with Crippen molar-refractivity contribution in [1.82, 2.24) is 10.2 Å². The van der Waals surface area contributed by atoms with Gasteiger partial charge in [0.25, 0.3) is 5.56 Å². The summed E-state index contributed by atoms with van der Waals surface area (Å²) in [7, 11) is 2.62. The highest BCUT2D eigenvalue weighted by Gasteiger charge is 2.26. The lowest BCUT2D eigenvalue weighted by Gasteiger charge is -2.17. The fourth-order valence-electron chi connectivity index (χ4n) is 3.32. The number of aromatic amines is 2. The molecule has 29 heavy (non-hydrogen) atoms. The average molecular weight is 394 g/mol. The van der Waals surface area contributed by atoms with Crippen LogP contribution in [0.1, 0.15) is 45.1 Å². The molecule has 2 aromatic carbocycles. The number of esters is 2. The van der Waals surface area contributed by atoms with Gasteiger partial charge in [-0.2, -0.15) is 0 Å². The predicted molar refractivity (Wildman–Crippen MR) is 107 cm³/mol. The fraction of sp³-hybridized carbons (Fsp3) is 0.227. The lowest BCUT2D eigenvalue weighted by Crippen LogP contribution is -2.18. The second-order valence-electron chi connectivity index (χ2n) is 6.58. The Labute approximate surface area is 167 Å². The molecule has 3 aromatic rings. The Kier molecular flexibility index (Phi) is 6.29. The monoisotopic (exact) mass is 394 g/mol. The Morgan fingerprint density at radius 2 is 1.62 bits per heavy atom. The van der Waals surface area contributed by atoms with Crippen LogP contribution in [-0.4, -0.2) is 36.4 Å². The van der Waals surface area contributed by atoms with Gasteiger partial charge in [0, 0.05) is 23.6 Å². The SMILES string of the molecule is COC(=O)C[C@H](c1ccc(C(=O)OC)cc1)c1c(Cc2ccccc2)[nH][nH]c1=O. The number of hydrogen-bond acceptors (Lipinski definition) is 5. The molecule has 0 unspecified atom stereocenters. The van der Waals surface area contributed by atoms with Crippen LogP contribution in [0, 0.1) is 0 Å². The van der Waals surface area contributed by atoms with Crippen LogP contribution in [0.2, 0.25) is 0 Å². The molecule has 0 saturated carbocycles. The van der Waals surface area contributed by atoms with Crippen molar-refractivity contribution >= 4 is 11.9 Å². The topological polar surface area (TPSA) is 101 Å². The maximum atomic E-state index is 12.6. The number of rotatable bonds is 7. The first kappa shape index (κ1) is 20.1. The summed E-state index contributed by atoms with van der Waals surface area (Å²) < 4.78 is 9.56. The maximum absolute atomic E-state index is 12.6. The van der Waals surface area contributed by atoms with Gasteiger partial charge in [0.1, 0.15) is 0 Å². The van der Waals surface area contributed by atoms with Crippen molar-refractivity contribution in [2.45, 2.75) is 18.8 Å². The highest BCUT2D eigenvalue weighted by molar-refractivity contribution is 5.89. The summed E-state index contributed by atoms with van der Waals surface area (Å²) in [5.41, 5.74) is 3.03. The second kappa shape index (κ2) is 9.05. The van der Waals surface area contributed by atoms with Crippen molar-refractivity contribution in [1.29, 1.82) is 0 Å². The van der Waals surface area contributed by atoms with Crippen molar-refractivity contribution in [3.63, 3.8) is 0 Å². The van der Waals surface area contributed by atoms with Crippen molar-refractivity contribution in [2.75, 3.05) is 14.2 Å². The number of hydrogen-bond donors (Lipinski definition) is 2. The van der Waals surface area contributed by atoms with Crippen molar-refractivity contribution < 1.29 is 19.1 Å². The van der Waals surface area contributed by atoms with Gasteiger partial charge in [-0.05, 0) is 23.3 Å². The minimum absolute atomic E-state index is 0.00318. The fourth-order valence-corrected chi connectivity index (χ4v) is 3.32. The Balaban J connectivity index is 2.01. The van der Waals surface area contributed by atoms with E-state index < -0.39 is 17.9 Å². The van der Waals surface area contributed by atoms with E-state index in [4.69, 9.17) is 9.47 Å². The molecule has 0 radical (unpaired) electrons. The summed E-state index contributed by atoms with van der Waals surface area (Å²) in [4.78, 5) is 36.4. The smallest absolute Gasteiger partial charge is 0.337 e. The number of H-pyrrole nitrogens is 2. The van der Waals surface area contributed by atoms with E-state index in [1.54, 1.807) is 24.3 Å². The van der Waals surface area contributed by atoms with Crippen molar-refractivity contribution in [3.8, 4) is 0 Å². The minimum Gasteiger partial charge on any atom is -0.469 e. The molecule has 0 bridgehead atoms. The normalized spacial score (nSPS) is 11.7. The Bertz CT molecular complexity index is 1040. The summed E-state index contributed by atoms with van der Waals surface area (Å²) in [6.45, 7) is 0. The first-order valence-corrected chi connectivity index (χ1v) is 9.12. The van der Waals surface area contributed by atoms with Crippen molar-refractivity contribution in [3.05, 3.63) is 92.9 Å². The van der Waals surface area contributed by atoms with Gasteiger partial charge < -0.3 is 14.6 Å². The molecular weight excluding hydrogens is 372 g/mol. The zero-order valence-electron chi connectivity index (χ0n) is 16.2. The van der Waals surface area contributed by atoms with E-state index >= 15 is 0 Å². The maximum Gasteiger partial charge on any atom is 0.337 e. The average Bonchev–Trinajstić information content (AvgIpc) is 3.11. The number of nitrogens with one attached hydrogen (secondary N) is 2. The second-order valence-corrected chi connectivity index (χ2v) is 6.58. The number of methoxy groups -OCH3 is 2. The molecule has 3 rings (SSSR count). The van der Waals surface area contributed by atoms with Gasteiger partial charge in [0.05, 0.1) is 26.2 Å². The van der Waals surface area contributed by atoms with Crippen LogP contribution in [-0.2, 0) is 20.7 Å². The zero-order chi connectivity index (χ0) is 20.8. The third kappa shape index (κ3) is 4.63. The largest absolute Gasteiger partial charge is 0.469 e. The van der Waals surface area contributed by atoms with Crippen LogP contribution < -0.4 is 5.56 Å². The van der Waals surface area contributed by atoms with Crippen molar-refractivity contribution in [2.24, 2.45) is 0 Å². The van der Waals surface area contributed by atoms with Gasteiger partial charge in [0.15, 0.2) is 0 Å². The van der Waals surface area contributed by atoms with Crippen LogP contribution in [0.4, 0.5) is 0 Å². The molecule has 0 aliphatic carbocycles. The van der Waals surface area contributed by atoms with E-state index in [1.165, 1.54) is 14.2 Å². The number of carbonyl (C=O) groups is 2. The molecule has 0 amide bonds. The van der Waals surface area contributed by atoms with Crippen LogP contribution in [0.3, 0.4) is 0 Å². The summed E-state index contributed by atoms with van der Waals surface area (Å²) in [5.74, 6) is -1.41. The van der Waals surface area contributed by atoms with Crippen LogP contribution in [0.15, 0.2) is 59.4 Å². The number of benzene rings is 2. The van der Waals surface area contributed by atoms with Crippen LogP contribution in [0.25, 0.3) is 0 Å². The van der Waals surface area contributed by atoms with Gasteiger partial charge in [-0.25, -0.2) is 4.79 Å². The molecule has 0 fully saturated rings. The number of carbonyl (C=O) groups excluding carboxylic acids is 2. The molecule has 0 aliphatic heterocycles. The Morgan fingerprint density at radius 3 is 2.24 bits per heavy atom. The van der Waals surface area contributed by atoms with Crippen LogP contribution in [0.5, 0.6) is 0 Å². The van der Waals surface area contributed by atoms with Gasteiger partial charge in [-0.1, -0.05) is 42.5 Å². The van der Waals surface area contributed by atoms with E-state index in [0.717, 1.165) is 11.1 Å². The first-order chi connectivity index (χ1) is 14.0. The first-order valence-electron chi connectivity index (χ1n) is 9.12. The lowest BCUT2D eigenvalue weighted by molar-refractivity contribution is -0.140. The van der Waals surface area contributed by atoms with Crippen LogP contribution >= 0.6 is 0 Å². The standard InChI is InChI=1S/C22H22N2O5/c1-28-19(25)13-17(15-8-10-16(11-9-15)22(27)29-2)20-18(23-24-21(20)26)12-14-6-4-3-5-7-14/h3-11,17H,12-13H2,1-2H3,(H2,23,24,26)/t17-/m1/s1. The molecule has 1 atom stereocenters. The zero-order valence-corrected chi connectivity index (χ0v) is 16.2. The summed E-state index contributed by atoms with van der Waals surface area (Å²) >= 11 is 0. The molecule has 1 aromatic heterocycles. The van der Waals surface area contributed by atoms with Gasteiger partial charge in [0.2, 0.25) is 0 Å². The Morgan fingerprint density at radius 1 is 0.931 bits per heavy atom. The van der Waals surface area contributed by atoms with Gasteiger partial charge >= 0.3 is 11.9 Å². The molecule has 0 saturated heterocycles. The number of ether oxygens (including phenoxy) is 2. The minimum atomic E-state index is -0.525.